The first kappa shape index (κ1) is 15.2. The standard InChI is InChI=1S/C18H20N2O4/c1-23-18(22)12-5-2-4-11-13-10-20(8-7-14(13)19-16(11)12)17(21)15-6-3-9-24-15/h2,4-5,15,19H,3,6-10H2,1H3/t15-/m0/s1. The third-order valence-electron chi connectivity index (χ3n) is 4.93. The number of fused-ring (bicyclic) bond motifs is 3. The van der Waals surface area contributed by atoms with Gasteiger partial charge in [0.05, 0.1) is 18.2 Å². The topological polar surface area (TPSA) is 71.6 Å². The van der Waals surface area contributed by atoms with E-state index in [0.29, 0.717) is 25.3 Å². The van der Waals surface area contributed by atoms with Crippen LogP contribution in [-0.2, 0) is 27.2 Å². The van der Waals surface area contributed by atoms with Gasteiger partial charge in [-0.05, 0) is 18.9 Å². The van der Waals surface area contributed by atoms with E-state index >= 15 is 0 Å². The summed E-state index contributed by atoms with van der Waals surface area (Å²) in [7, 11) is 1.38. The summed E-state index contributed by atoms with van der Waals surface area (Å²) in [4.78, 5) is 29.8. The van der Waals surface area contributed by atoms with Gasteiger partial charge in [0.2, 0.25) is 0 Å². The van der Waals surface area contributed by atoms with Gasteiger partial charge in [0.15, 0.2) is 0 Å². The highest BCUT2D eigenvalue weighted by Crippen LogP contribution is 2.30. The maximum atomic E-state index is 12.6. The number of carbonyl (C=O) groups excluding carboxylic acids is 2. The molecule has 6 heteroatoms. The van der Waals surface area contributed by atoms with Crippen LogP contribution in [0.4, 0.5) is 0 Å². The summed E-state index contributed by atoms with van der Waals surface area (Å²) in [6.07, 6.45) is 2.22. The Hall–Kier alpha value is -2.34. The molecule has 6 nitrogen and oxygen atoms in total. The molecule has 0 saturated carbocycles. The lowest BCUT2D eigenvalue weighted by molar-refractivity contribution is -0.141. The Morgan fingerprint density at radius 2 is 2.25 bits per heavy atom. The second-order valence-corrected chi connectivity index (χ2v) is 6.31. The van der Waals surface area contributed by atoms with Crippen molar-refractivity contribution in [3.05, 3.63) is 35.0 Å². The lowest BCUT2D eigenvalue weighted by Crippen LogP contribution is -2.41. The first-order valence-corrected chi connectivity index (χ1v) is 8.30. The van der Waals surface area contributed by atoms with Gasteiger partial charge in [-0.1, -0.05) is 12.1 Å². The third kappa shape index (κ3) is 2.38. The number of ether oxygens (including phenoxy) is 2. The number of rotatable bonds is 2. The first-order chi connectivity index (χ1) is 11.7. The van der Waals surface area contributed by atoms with Crippen LogP contribution in [0.5, 0.6) is 0 Å². The van der Waals surface area contributed by atoms with E-state index in [2.05, 4.69) is 4.98 Å². The highest BCUT2D eigenvalue weighted by Gasteiger charge is 2.31. The molecule has 2 aliphatic rings. The van der Waals surface area contributed by atoms with Crippen molar-refractivity contribution in [2.24, 2.45) is 0 Å². The number of esters is 1. The van der Waals surface area contributed by atoms with Crippen LogP contribution in [-0.4, -0.2) is 48.1 Å². The summed E-state index contributed by atoms with van der Waals surface area (Å²) in [6, 6.07) is 5.59. The van der Waals surface area contributed by atoms with Crippen molar-refractivity contribution in [1.82, 2.24) is 9.88 Å². The van der Waals surface area contributed by atoms with E-state index in [1.165, 1.54) is 7.11 Å². The van der Waals surface area contributed by atoms with Crippen LogP contribution in [0.25, 0.3) is 10.9 Å². The Balaban J connectivity index is 1.68. The Morgan fingerprint density at radius 1 is 1.38 bits per heavy atom. The molecule has 1 amide bonds. The number of H-pyrrole nitrogens is 1. The molecule has 1 saturated heterocycles. The van der Waals surface area contributed by atoms with E-state index in [-0.39, 0.29) is 18.0 Å². The summed E-state index contributed by atoms with van der Waals surface area (Å²) in [5.74, 6) is -0.275. The number of hydrogen-bond acceptors (Lipinski definition) is 4. The molecule has 24 heavy (non-hydrogen) atoms. The molecule has 1 atom stereocenters. The smallest absolute Gasteiger partial charge is 0.339 e. The normalized spacial score (nSPS) is 20.2. The average Bonchev–Trinajstić information content (AvgIpc) is 3.27. The summed E-state index contributed by atoms with van der Waals surface area (Å²) in [6.45, 7) is 1.90. The molecule has 2 aromatic rings. The minimum absolute atomic E-state index is 0.0802. The fourth-order valence-corrected chi connectivity index (χ4v) is 3.68. The maximum absolute atomic E-state index is 12.6. The minimum Gasteiger partial charge on any atom is -0.465 e. The number of amides is 1. The first-order valence-electron chi connectivity index (χ1n) is 8.30. The number of benzene rings is 1. The van der Waals surface area contributed by atoms with Crippen LogP contribution in [0.2, 0.25) is 0 Å². The lowest BCUT2D eigenvalue weighted by Gasteiger charge is -2.29. The van der Waals surface area contributed by atoms with Gasteiger partial charge in [0.1, 0.15) is 6.10 Å². The van der Waals surface area contributed by atoms with Crippen LogP contribution >= 0.6 is 0 Å². The molecule has 0 spiro atoms. The highest BCUT2D eigenvalue weighted by molar-refractivity contribution is 6.04. The van der Waals surface area contributed by atoms with Gasteiger partial charge in [-0.25, -0.2) is 4.79 Å². The minimum atomic E-state index is -0.355. The molecule has 0 aliphatic carbocycles. The molecule has 2 aliphatic heterocycles. The van der Waals surface area contributed by atoms with Crippen molar-refractivity contribution in [2.45, 2.75) is 31.9 Å². The predicted molar refractivity (Wildman–Crippen MR) is 87.7 cm³/mol. The van der Waals surface area contributed by atoms with Crippen molar-refractivity contribution in [2.75, 3.05) is 20.3 Å². The molecule has 1 N–H and O–H groups in total. The van der Waals surface area contributed by atoms with Gasteiger partial charge in [0, 0.05) is 42.8 Å². The molecule has 0 unspecified atom stereocenters. The number of para-hydroxylation sites is 1. The molecular weight excluding hydrogens is 308 g/mol. The van der Waals surface area contributed by atoms with Crippen LogP contribution in [0, 0.1) is 0 Å². The zero-order valence-corrected chi connectivity index (χ0v) is 13.6. The highest BCUT2D eigenvalue weighted by atomic mass is 16.5. The van der Waals surface area contributed by atoms with Crippen LogP contribution < -0.4 is 0 Å². The van der Waals surface area contributed by atoms with E-state index in [9.17, 15) is 9.59 Å². The monoisotopic (exact) mass is 328 g/mol. The Morgan fingerprint density at radius 3 is 3.00 bits per heavy atom. The number of carbonyl (C=O) groups is 2. The van der Waals surface area contributed by atoms with Crippen molar-refractivity contribution >= 4 is 22.8 Å². The molecule has 1 fully saturated rings. The Bertz CT molecular complexity index is 805. The molecule has 1 aromatic heterocycles. The largest absolute Gasteiger partial charge is 0.465 e. The molecule has 0 bridgehead atoms. The van der Waals surface area contributed by atoms with E-state index in [0.717, 1.165) is 41.4 Å². The second kappa shape index (κ2) is 5.94. The van der Waals surface area contributed by atoms with E-state index in [4.69, 9.17) is 9.47 Å². The lowest BCUT2D eigenvalue weighted by atomic mass is 10.0. The maximum Gasteiger partial charge on any atom is 0.339 e. The summed E-state index contributed by atoms with van der Waals surface area (Å²) in [5.41, 5.74) is 3.51. The second-order valence-electron chi connectivity index (χ2n) is 6.31. The van der Waals surface area contributed by atoms with Crippen LogP contribution in [0.3, 0.4) is 0 Å². The SMILES string of the molecule is COC(=O)c1cccc2c3c([nH]c12)CCN(C(=O)[C@@H]1CCCO1)C3. The summed E-state index contributed by atoms with van der Waals surface area (Å²) >= 11 is 0. The van der Waals surface area contributed by atoms with Gasteiger partial charge in [-0.15, -0.1) is 0 Å². The van der Waals surface area contributed by atoms with Gasteiger partial charge >= 0.3 is 5.97 Å². The number of aromatic nitrogens is 1. The van der Waals surface area contributed by atoms with E-state index < -0.39 is 0 Å². The number of nitrogens with one attached hydrogen (secondary N) is 1. The van der Waals surface area contributed by atoms with Gasteiger partial charge < -0.3 is 19.4 Å². The van der Waals surface area contributed by atoms with Gasteiger partial charge in [-0.2, -0.15) is 0 Å². The number of aromatic amines is 1. The summed E-state index contributed by atoms with van der Waals surface area (Å²) in [5, 5.41) is 0.984. The fourth-order valence-electron chi connectivity index (χ4n) is 3.68. The zero-order chi connectivity index (χ0) is 16.7. The van der Waals surface area contributed by atoms with Crippen molar-refractivity contribution in [1.29, 1.82) is 0 Å². The third-order valence-corrected chi connectivity index (χ3v) is 4.93. The molecule has 4 rings (SSSR count). The van der Waals surface area contributed by atoms with Crippen molar-refractivity contribution in [3.8, 4) is 0 Å². The van der Waals surface area contributed by atoms with Crippen molar-refractivity contribution in [3.63, 3.8) is 0 Å². The molecule has 1 aromatic carbocycles. The summed E-state index contributed by atoms with van der Waals surface area (Å²) < 4.78 is 10.4. The molecule has 3 heterocycles. The average molecular weight is 328 g/mol. The van der Waals surface area contributed by atoms with E-state index in [1.807, 2.05) is 17.0 Å². The van der Waals surface area contributed by atoms with E-state index in [1.54, 1.807) is 6.07 Å². The molecule has 126 valence electrons. The number of methoxy groups -OCH3 is 1. The number of nitrogens with zero attached hydrogens (tertiary/aromatic N) is 1. The Labute approximate surface area is 139 Å². The van der Waals surface area contributed by atoms with Gasteiger partial charge in [0.25, 0.3) is 5.91 Å². The van der Waals surface area contributed by atoms with Gasteiger partial charge in [-0.3, -0.25) is 4.79 Å². The molecular formula is C18H20N2O4. The number of hydrogen-bond donors (Lipinski definition) is 1. The fraction of sp³-hybridized carbons (Fsp3) is 0.444. The molecule has 0 radical (unpaired) electrons. The quantitative estimate of drug-likeness (QED) is 0.856. The zero-order valence-electron chi connectivity index (χ0n) is 13.6. The van der Waals surface area contributed by atoms with Crippen LogP contribution in [0.15, 0.2) is 18.2 Å². The van der Waals surface area contributed by atoms with Crippen molar-refractivity contribution < 1.29 is 19.1 Å². The predicted octanol–water partition coefficient (Wildman–Crippen LogP) is 2.02. The van der Waals surface area contributed by atoms with Crippen LogP contribution in [0.1, 0.15) is 34.5 Å². The Kier molecular flexibility index (Phi) is 3.76.